The van der Waals surface area contributed by atoms with E-state index in [2.05, 4.69) is 55.3 Å². The zero-order valence-electron chi connectivity index (χ0n) is 10.9. The summed E-state index contributed by atoms with van der Waals surface area (Å²) in [5.41, 5.74) is 2.49. The van der Waals surface area contributed by atoms with Gasteiger partial charge in [-0.2, -0.15) is 0 Å². The van der Waals surface area contributed by atoms with Crippen LogP contribution in [0.5, 0.6) is 0 Å². The molecule has 1 heterocycles. The maximum Gasteiger partial charge on any atom is 0.0651 e. The van der Waals surface area contributed by atoms with Gasteiger partial charge in [0.1, 0.15) is 0 Å². The SMILES string of the molecule is Cc1ccc(N2C(CO)CNCC2(C)C)cc1. The molecule has 1 saturated heterocycles. The highest BCUT2D eigenvalue weighted by atomic mass is 16.3. The number of nitrogens with one attached hydrogen (secondary N) is 1. The second-order valence-electron chi connectivity index (χ2n) is 5.49. The zero-order valence-corrected chi connectivity index (χ0v) is 10.9. The van der Waals surface area contributed by atoms with Crippen LogP contribution in [0.3, 0.4) is 0 Å². The second kappa shape index (κ2) is 4.67. The fourth-order valence-corrected chi connectivity index (χ4v) is 2.63. The Morgan fingerprint density at radius 1 is 1.35 bits per heavy atom. The number of rotatable bonds is 2. The van der Waals surface area contributed by atoms with Crippen LogP contribution < -0.4 is 10.2 Å². The molecule has 1 unspecified atom stereocenters. The lowest BCUT2D eigenvalue weighted by atomic mass is 9.95. The minimum Gasteiger partial charge on any atom is -0.394 e. The molecule has 94 valence electrons. The van der Waals surface area contributed by atoms with Crippen molar-refractivity contribution < 1.29 is 5.11 Å². The first kappa shape index (κ1) is 12.4. The molecule has 1 aromatic rings. The highest BCUT2D eigenvalue weighted by Crippen LogP contribution is 2.28. The van der Waals surface area contributed by atoms with Crippen molar-refractivity contribution in [2.24, 2.45) is 0 Å². The van der Waals surface area contributed by atoms with Crippen LogP contribution in [0.2, 0.25) is 0 Å². The van der Waals surface area contributed by atoms with E-state index in [-0.39, 0.29) is 18.2 Å². The van der Waals surface area contributed by atoms with Crippen LogP contribution in [-0.2, 0) is 0 Å². The van der Waals surface area contributed by atoms with Gasteiger partial charge in [-0.3, -0.25) is 0 Å². The highest BCUT2D eigenvalue weighted by Gasteiger charge is 2.35. The summed E-state index contributed by atoms with van der Waals surface area (Å²) in [6, 6.07) is 8.70. The minimum absolute atomic E-state index is 0.0287. The van der Waals surface area contributed by atoms with Crippen molar-refractivity contribution in [2.75, 3.05) is 24.6 Å². The van der Waals surface area contributed by atoms with E-state index in [1.165, 1.54) is 11.3 Å². The number of hydrogen-bond donors (Lipinski definition) is 2. The topological polar surface area (TPSA) is 35.5 Å². The molecule has 0 amide bonds. The number of piperazine rings is 1. The number of aliphatic hydroxyl groups is 1. The van der Waals surface area contributed by atoms with Crippen molar-refractivity contribution >= 4 is 5.69 Å². The summed E-state index contributed by atoms with van der Waals surface area (Å²) < 4.78 is 0. The predicted molar refractivity (Wildman–Crippen MR) is 71.5 cm³/mol. The first-order chi connectivity index (χ1) is 8.04. The third-order valence-electron chi connectivity index (χ3n) is 3.48. The third kappa shape index (κ3) is 2.45. The Kier molecular flexibility index (Phi) is 3.40. The van der Waals surface area contributed by atoms with Crippen LogP contribution in [0.1, 0.15) is 19.4 Å². The summed E-state index contributed by atoms with van der Waals surface area (Å²) in [6.45, 7) is 8.48. The molecule has 1 atom stereocenters. The maximum absolute atomic E-state index is 9.53. The van der Waals surface area contributed by atoms with Gasteiger partial charge in [0.15, 0.2) is 0 Å². The van der Waals surface area contributed by atoms with E-state index in [4.69, 9.17) is 0 Å². The minimum atomic E-state index is 0.0287. The summed E-state index contributed by atoms with van der Waals surface area (Å²) in [5, 5.41) is 12.9. The molecule has 1 aliphatic rings. The monoisotopic (exact) mass is 234 g/mol. The van der Waals surface area contributed by atoms with Crippen molar-refractivity contribution in [1.29, 1.82) is 0 Å². The molecular formula is C14H22N2O. The van der Waals surface area contributed by atoms with Gasteiger partial charge in [-0.25, -0.2) is 0 Å². The molecule has 3 heteroatoms. The molecule has 0 saturated carbocycles. The lowest BCUT2D eigenvalue weighted by molar-refractivity contribution is 0.212. The Bertz CT molecular complexity index is 372. The average Bonchev–Trinajstić information content (AvgIpc) is 2.29. The normalized spacial score (nSPS) is 23.8. The molecule has 1 fully saturated rings. The molecule has 0 aromatic heterocycles. The quantitative estimate of drug-likeness (QED) is 0.815. The molecule has 0 bridgehead atoms. The Hall–Kier alpha value is -1.06. The summed E-state index contributed by atoms with van der Waals surface area (Å²) in [7, 11) is 0. The summed E-state index contributed by atoms with van der Waals surface area (Å²) >= 11 is 0. The van der Waals surface area contributed by atoms with Gasteiger partial charge in [0.2, 0.25) is 0 Å². The molecule has 1 aliphatic heterocycles. The van der Waals surface area contributed by atoms with E-state index in [1.807, 2.05) is 0 Å². The standard InChI is InChI=1S/C14H22N2O/c1-11-4-6-12(7-5-11)16-13(9-17)8-15-10-14(16,2)3/h4-7,13,15,17H,8-10H2,1-3H3. The Morgan fingerprint density at radius 2 is 2.00 bits per heavy atom. The lowest BCUT2D eigenvalue weighted by Crippen LogP contribution is -2.64. The average molecular weight is 234 g/mol. The molecule has 1 aromatic carbocycles. The van der Waals surface area contributed by atoms with Crippen molar-refractivity contribution in [3.8, 4) is 0 Å². The van der Waals surface area contributed by atoms with Crippen molar-refractivity contribution in [3.05, 3.63) is 29.8 Å². The molecule has 2 N–H and O–H groups in total. The maximum atomic E-state index is 9.53. The van der Waals surface area contributed by atoms with Gasteiger partial charge in [-0.05, 0) is 32.9 Å². The predicted octanol–water partition coefficient (Wildman–Crippen LogP) is 1.54. The van der Waals surface area contributed by atoms with E-state index >= 15 is 0 Å². The Balaban J connectivity index is 2.33. The fourth-order valence-electron chi connectivity index (χ4n) is 2.63. The van der Waals surface area contributed by atoms with Gasteiger partial charge in [0.25, 0.3) is 0 Å². The molecule has 0 aliphatic carbocycles. The Labute approximate surface area is 103 Å². The van der Waals surface area contributed by atoms with Crippen molar-refractivity contribution in [1.82, 2.24) is 5.32 Å². The largest absolute Gasteiger partial charge is 0.394 e. The smallest absolute Gasteiger partial charge is 0.0651 e. The molecule has 17 heavy (non-hydrogen) atoms. The zero-order chi connectivity index (χ0) is 12.5. The van der Waals surface area contributed by atoms with Crippen LogP contribution in [0.4, 0.5) is 5.69 Å². The summed E-state index contributed by atoms with van der Waals surface area (Å²) in [6.07, 6.45) is 0. The van der Waals surface area contributed by atoms with Gasteiger partial charge >= 0.3 is 0 Å². The van der Waals surface area contributed by atoms with E-state index in [9.17, 15) is 5.11 Å². The van der Waals surface area contributed by atoms with Crippen LogP contribution >= 0.6 is 0 Å². The molecule has 0 spiro atoms. The van der Waals surface area contributed by atoms with E-state index in [0.717, 1.165) is 13.1 Å². The lowest BCUT2D eigenvalue weighted by Gasteiger charge is -2.49. The van der Waals surface area contributed by atoms with Crippen LogP contribution in [0, 0.1) is 6.92 Å². The fraction of sp³-hybridized carbons (Fsp3) is 0.571. The van der Waals surface area contributed by atoms with E-state index in [0.29, 0.717) is 0 Å². The van der Waals surface area contributed by atoms with E-state index < -0.39 is 0 Å². The number of anilines is 1. The number of nitrogens with zero attached hydrogens (tertiary/aromatic N) is 1. The van der Waals surface area contributed by atoms with Gasteiger partial charge in [-0.15, -0.1) is 0 Å². The van der Waals surface area contributed by atoms with Gasteiger partial charge in [0, 0.05) is 24.3 Å². The summed E-state index contributed by atoms with van der Waals surface area (Å²) in [4.78, 5) is 2.34. The number of hydrogen-bond acceptors (Lipinski definition) is 3. The molecular weight excluding hydrogens is 212 g/mol. The highest BCUT2D eigenvalue weighted by molar-refractivity contribution is 5.51. The third-order valence-corrected chi connectivity index (χ3v) is 3.48. The van der Waals surface area contributed by atoms with Crippen molar-refractivity contribution in [3.63, 3.8) is 0 Å². The van der Waals surface area contributed by atoms with Gasteiger partial charge in [-0.1, -0.05) is 17.7 Å². The van der Waals surface area contributed by atoms with Crippen molar-refractivity contribution in [2.45, 2.75) is 32.4 Å². The molecule has 2 rings (SSSR count). The second-order valence-corrected chi connectivity index (χ2v) is 5.49. The van der Waals surface area contributed by atoms with E-state index in [1.54, 1.807) is 0 Å². The molecule has 3 nitrogen and oxygen atoms in total. The van der Waals surface area contributed by atoms with Crippen LogP contribution in [0.15, 0.2) is 24.3 Å². The first-order valence-electron chi connectivity index (χ1n) is 6.22. The number of aliphatic hydroxyl groups excluding tert-OH is 1. The van der Waals surface area contributed by atoms with Crippen LogP contribution in [-0.4, -0.2) is 36.4 Å². The van der Waals surface area contributed by atoms with Crippen LogP contribution in [0.25, 0.3) is 0 Å². The first-order valence-corrected chi connectivity index (χ1v) is 6.22. The Morgan fingerprint density at radius 3 is 2.59 bits per heavy atom. The molecule has 0 radical (unpaired) electrons. The number of aryl methyl sites for hydroxylation is 1. The number of benzene rings is 1. The summed E-state index contributed by atoms with van der Waals surface area (Å²) in [5.74, 6) is 0. The van der Waals surface area contributed by atoms with Gasteiger partial charge in [0.05, 0.1) is 12.6 Å². The van der Waals surface area contributed by atoms with Gasteiger partial charge < -0.3 is 15.3 Å².